The molecule has 0 unspecified atom stereocenters. The fraction of sp³-hybridized carbons (Fsp3) is 0. The second-order valence-electron chi connectivity index (χ2n) is 4.98. The van der Waals surface area contributed by atoms with E-state index in [-0.39, 0.29) is 11.4 Å². The van der Waals surface area contributed by atoms with Crippen molar-refractivity contribution in [1.82, 2.24) is 9.97 Å². The summed E-state index contributed by atoms with van der Waals surface area (Å²) in [6.07, 6.45) is 1.22. The predicted octanol–water partition coefficient (Wildman–Crippen LogP) is 3.41. The van der Waals surface area contributed by atoms with Crippen LogP contribution in [-0.4, -0.2) is 15.9 Å². The summed E-state index contributed by atoms with van der Waals surface area (Å²) in [7, 11) is 0. The number of nitrogens with zero attached hydrogens (tertiary/aromatic N) is 2. The van der Waals surface area contributed by atoms with E-state index < -0.39 is 17.8 Å². The number of anilines is 1. The van der Waals surface area contributed by atoms with Crippen LogP contribution in [0.4, 0.5) is 14.5 Å². The van der Waals surface area contributed by atoms with Crippen molar-refractivity contribution in [1.29, 1.82) is 0 Å². The van der Waals surface area contributed by atoms with E-state index in [9.17, 15) is 13.6 Å². The highest BCUT2D eigenvalue weighted by Crippen LogP contribution is 2.14. The van der Waals surface area contributed by atoms with Crippen LogP contribution < -0.4 is 5.32 Å². The molecule has 0 bridgehead atoms. The van der Waals surface area contributed by atoms with Gasteiger partial charge in [0.2, 0.25) is 11.9 Å². The Kier molecular flexibility index (Phi) is 4.77. The first-order valence-corrected chi connectivity index (χ1v) is 7.28. The minimum absolute atomic E-state index is 0.0899. The molecule has 2 aromatic heterocycles. The smallest absolute Gasteiger partial charge is 0.255 e. The van der Waals surface area contributed by atoms with Crippen LogP contribution in [0.3, 0.4) is 0 Å². The molecule has 4 nitrogen and oxygen atoms in total. The molecule has 1 amide bonds. The van der Waals surface area contributed by atoms with Crippen molar-refractivity contribution in [3.05, 3.63) is 89.5 Å². The molecule has 2 heterocycles. The number of halogens is 2. The Balaban J connectivity index is 1.83. The van der Waals surface area contributed by atoms with E-state index in [0.29, 0.717) is 11.1 Å². The van der Waals surface area contributed by atoms with Crippen LogP contribution in [-0.2, 0) is 0 Å². The second-order valence-corrected chi connectivity index (χ2v) is 4.98. The molecule has 0 atom stereocenters. The third kappa shape index (κ3) is 4.24. The van der Waals surface area contributed by atoms with Crippen LogP contribution in [0.1, 0.15) is 21.6 Å². The van der Waals surface area contributed by atoms with Crippen molar-refractivity contribution >= 4 is 11.6 Å². The maximum Gasteiger partial charge on any atom is 0.255 e. The number of amides is 1. The second kappa shape index (κ2) is 7.32. The maximum atomic E-state index is 13.8. The van der Waals surface area contributed by atoms with E-state index in [1.54, 1.807) is 36.4 Å². The molecule has 6 heteroatoms. The van der Waals surface area contributed by atoms with Gasteiger partial charge in [0.05, 0.1) is 5.69 Å². The lowest BCUT2D eigenvalue weighted by Gasteiger charge is -2.06. The maximum absolute atomic E-state index is 13.8. The van der Waals surface area contributed by atoms with Gasteiger partial charge < -0.3 is 5.32 Å². The third-order valence-electron chi connectivity index (χ3n) is 3.17. The Morgan fingerprint density at radius 2 is 1.80 bits per heavy atom. The molecule has 122 valence electrons. The molecule has 0 aliphatic rings. The molecule has 0 radical (unpaired) electrons. The lowest BCUT2D eigenvalue weighted by molar-refractivity contribution is 0.102. The number of benzene rings is 1. The molecule has 3 rings (SSSR count). The summed E-state index contributed by atoms with van der Waals surface area (Å²) in [6.45, 7) is 0. The van der Waals surface area contributed by atoms with Crippen LogP contribution in [0.5, 0.6) is 0 Å². The van der Waals surface area contributed by atoms with Crippen molar-refractivity contribution in [3.8, 4) is 11.8 Å². The van der Waals surface area contributed by atoms with Gasteiger partial charge >= 0.3 is 0 Å². The minimum Gasteiger partial charge on any atom is -0.318 e. The zero-order valence-electron chi connectivity index (χ0n) is 12.8. The van der Waals surface area contributed by atoms with E-state index in [0.717, 1.165) is 0 Å². The summed E-state index contributed by atoms with van der Waals surface area (Å²) in [5.74, 6) is 3.45. The van der Waals surface area contributed by atoms with E-state index in [1.165, 1.54) is 24.4 Å². The van der Waals surface area contributed by atoms with Crippen molar-refractivity contribution in [2.75, 3.05) is 5.32 Å². The molecular formula is C19H11F2N3O. The summed E-state index contributed by atoms with van der Waals surface area (Å²) in [4.78, 5) is 19.3. The normalized spacial score (nSPS) is 9.84. The number of pyridine rings is 2. The largest absolute Gasteiger partial charge is 0.318 e. The van der Waals surface area contributed by atoms with E-state index in [4.69, 9.17) is 0 Å². The minimum atomic E-state index is -0.821. The van der Waals surface area contributed by atoms with Gasteiger partial charge in [0, 0.05) is 17.3 Å². The van der Waals surface area contributed by atoms with Crippen molar-refractivity contribution < 1.29 is 13.6 Å². The number of aromatic nitrogens is 2. The number of hydrogen-bond acceptors (Lipinski definition) is 3. The predicted molar refractivity (Wildman–Crippen MR) is 88.8 cm³/mol. The molecular weight excluding hydrogens is 324 g/mol. The third-order valence-corrected chi connectivity index (χ3v) is 3.17. The van der Waals surface area contributed by atoms with E-state index >= 15 is 0 Å². The first kappa shape index (κ1) is 16.3. The fourth-order valence-electron chi connectivity index (χ4n) is 2.00. The Hall–Kier alpha value is -3.59. The topological polar surface area (TPSA) is 54.9 Å². The van der Waals surface area contributed by atoms with Crippen LogP contribution in [0, 0.1) is 23.7 Å². The lowest BCUT2D eigenvalue weighted by Crippen LogP contribution is -2.13. The molecule has 0 saturated carbocycles. The van der Waals surface area contributed by atoms with Crippen LogP contribution >= 0.6 is 0 Å². The summed E-state index contributed by atoms with van der Waals surface area (Å²) in [5, 5.41) is 2.45. The Morgan fingerprint density at radius 3 is 2.56 bits per heavy atom. The number of carbonyl (C=O) groups is 1. The van der Waals surface area contributed by atoms with E-state index in [1.807, 2.05) is 0 Å². The van der Waals surface area contributed by atoms with Gasteiger partial charge in [0.25, 0.3) is 5.91 Å². The Labute approximate surface area is 142 Å². The van der Waals surface area contributed by atoms with Gasteiger partial charge in [0.15, 0.2) is 0 Å². The van der Waals surface area contributed by atoms with Gasteiger partial charge in [-0.3, -0.25) is 4.79 Å². The van der Waals surface area contributed by atoms with Gasteiger partial charge in [-0.2, -0.15) is 8.78 Å². The van der Waals surface area contributed by atoms with Crippen molar-refractivity contribution in [2.45, 2.75) is 0 Å². The van der Waals surface area contributed by atoms with Crippen molar-refractivity contribution in [2.24, 2.45) is 0 Å². The highest BCUT2D eigenvalue weighted by atomic mass is 19.1. The molecule has 1 N–H and O–H groups in total. The zero-order chi connectivity index (χ0) is 17.6. The van der Waals surface area contributed by atoms with Crippen molar-refractivity contribution in [3.63, 3.8) is 0 Å². The average molecular weight is 335 g/mol. The molecule has 0 saturated heterocycles. The highest BCUT2D eigenvalue weighted by molar-refractivity contribution is 6.04. The molecule has 0 aliphatic heterocycles. The lowest BCUT2D eigenvalue weighted by atomic mass is 10.2. The van der Waals surface area contributed by atoms with E-state index in [2.05, 4.69) is 27.1 Å². The van der Waals surface area contributed by atoms with Gasteiger partial charge in [-0.05, 0) is 36.3 Å². The number of hydrogen-bond donors (Lipinski definition) is 1. The monoisotopic (exact) mass is 335 g/mol. The number of rotatable bonds is 2. The molecule has 25 heavy (non-hydrogen) atoms. The van der Waals surface area contributed by atoms with Crippen LogP contribution in [0.2, 0.25) is 0 Å². The van der Waals surface area contributed by atoms with Crippen LogP contribution in [0.25, 0.3) is 0 Å². The fourth-order valence-corrected chi connectivity index (χ4v) is 2.00. The zero-order valence-corrected chi connectivity index (χ0v) is 12.8. The average Bonchev–Trinajstić information content (AvgIpc) is 2.63. The van der Waals surface area contributed by atoms with Gasteiger partial charge in [-0.1, -0.05) is 30.2 Å². The van der Waals surface area contributed by atoms with Gasteiger partial charge in [0.1, 0.15) is 5.69 Å². The standard InChI is InChI=1S/C19H11F2N3O/c20-17-8-4-7-15(23-17)10-9-13-11-16(18(21)22-12-13)24-19(25)14-5-2-1-3-6-14/h1-8,11-12H,(H,24,25). The first-order valence-electron chi connectivity index (χ1n) is 7.28. The highest BCUT2D eigenvalue weighted by Gasteiger charge is 2.10. The Bertz CT molecular complexity index is 979. The van der Waals surface area contributed by atoms with Crippen LogP contribution in [0.15, 0.2) is 60.8 Å². The number of carbonyl (C=O) groups excluding carboxylic acids is 1. The SMILES string of the molecule is O=C(Nc1cc(C#Cc2cccc(F)n2)cnc1F)c1ccccc1. The molecule has 1 aromatic carbocycles. The molecule has 0 fully saturated rings. The molecule has 0 aliphatic carbocycles. The molecule has 0 spiro atoms. The molecule has 3 aromatic rings. The summed E-state index contributed by atoms with van der Waals surface area (Å²) >= 11 is 0. The quantitative estimate of drug-likeness (QED) is 0.577. The summed E-state index contributed by atoms with van der Waals surface area (Å²) < 4.78 is 26.9. The van der Waals surface area contributed by atoms with Gasteiger partial charge in [-0.15, -0.1) is 0 Å². The number of nitrogens with one attached hydrogen (secondary N) is 1. The van der Waals surface area contributed by atoms with Gasteiger partial charge in [-0.25, -0.2) is 9.97 Å². The summed E-state index contributed by atoms with van der Waals surface area (Å²) in [5.41, 5.74) is 0.894. The Morgan fingerprint density at radius 1 is 1.00 bits per heavy atom. The summed E-state index contributed by atoms with van der Waals surface area (Å²) in [6, 6.07) is 14.0. The first-order chi connectivity index (χ1) is 12.1.